The van der Waals surface area contributed by atoms with Gasteiger partial charge in [-0.1, -0.05) is 6.07 Å². The molecule has 7 heteroatoms. The Labute approximate surface area is 144 Å². The summed E-state index contributed by atoms with van der Waals surface area (Å²) in [4.78, 5) is 9.34. The molecule has 24 heavy (non-hydrogen) atoms. The summed E-state index contributed by atoms with van der Waals surface area (Å²) in [6.45, 7) is 6.24. The molecule has 0 spiro atoms. The van der Waals surface area contributed by atoms with E-state index < -0.39 is 0 Å². The first-order chi connectivity index (χ1) is 11.8. The van der Waals surface area contributed by atoms with Gasteiger partial charge < -0.3 is 9.30 Å². The van der Waals surface area contributed by atoms with E-state index in [0.29, 0.717) is 12.5 Å². The van der Waals surface area contributed by atoms with Gasteiger partial charge in [0.2, 0.25) is 5.88 Å². The van der Waals surface area contributed by atoms with Crippen LogP contribution in [0.25, 0.3) is 0 Å². The van der Waals surface area contributed by atoms with Gasteiger partial charge in [0, 0.05) is 41.7 Å². The Morgan fingerprint density at radius 2 is 2.12 bits per heavy atom. The Morgan fingerprint density at radius 3 is 2.92 bits per heavy atom. The average molecular weight is 341 g/mol. The van der Waals surface area contributed by atoms with E-state index in [1.54, 1.807) is 6.20 Å². The number of pyridine rings is 1. The number of nitrogens with zero attached hydrogens (tertiary/aromatic N) is 5. The van der Waals surface area contributed by atoms with Crippen molar-refractivity contribution in [1.82, 2.24) is 24.6 Å². The highest BCUT2D eigenvalue weighted by atomic mass is 32.1. The van der Waals surface area contributed by atoms with E-state index in [9.17, 15) is 0 Å². The van der Waals surface area contributed by atoms with E-state index >= 15 is 0 Å². The van der Waals surface area contributed by atoms with Gasteiger partial charge in [-0.25, -0.2) is 4.98 Å². The maximum absolute atomic E-state index is 5.70. The van der Waals surface area contributed by atoms with E-state index in [0.717, 1.165) is 37.8 Å². The Morgan fingerprint density at radius 1 is 1.17 bits per heavy atom. The lowest BCUT2D eigenvalue weighted by atomic mass is 10.3. The minimum atomic E-state index is 0.397. The Bertz CT molecular complexity index is 814. The topological polar surface area (TPSA) is 56.1 Å². The minimum absolute atomic E-state index is 0.397. The molecular formula is C17H19N5OS. The third kappa shape index (κ3) is 3.32. The molecular weight excluding hydrogens is 322 g/mol. The first kappa shape index (κ1) is 15.3. The van der Waals surface area contributed by atoms with Crippen LogP contribution in [0.2, 0.25) is 0 Å². The van der Waals surface area contributed by atoms with E-state index in [1.165, 1.54) is 9.75 Å². The van der Waals surface area contributed by atoms with Crippen LogP contribution in [-0.2, 0) is 26.2 Å². The van der Waals surface area contributed by atoms with Crippen LogP contribution in [-0.4, -0.2) is 31.2 Å². The number of aryl methyl sites for hydroxylation is 1. The molecule has 0 amide bonds. The van der Waals surface area contributed by atoms with Crippen LogP contribution < -0.4 is 4.74 Å². The van der Waals surface area contributed by atoms with Gasteiger partial charge in [0.15, 0.2) is 5.82 Å². The molecule has 6 nitrogen and oxygen atoms in total. The predicted molar refractivity (Wildman–Crippen MR) is 91.8 cm³/mol. The third-order valence-electron chi connectivity index (χ3n) is 4.07. The fourth-order valence-electron chi connectivity index (χ4n) is 2.87. The molecule has 0 radical (unpaired) electrons. The highest BCUT2D eigenvalue weighted by Crippen LogP contribution is 2.20. The first-order valence-corrected chi connectivity index (χ1v) is 8.82. The van der Waals surface area contributed by atoms with E-state index in [-0.39, 0.29) is 0 Å². The lowest BCUT2D eigenvalue weighted by molar-refractivity contribution is 0.202. The van der Waals surface area contributed by atoms with Crippen molar-refractivity contribution in [2.45, 2.75) is 33.2 Å². The van der Waals surface area contributed by atoms with Crippen molar-refractivity contribution < 1.29 is 4.74 Å². The molecule has 124 valence electrons. The zero-order valence-electron chi connectivity index (χ0n) is 13.6. The molecule has 1 aliphatic rings. The average Bonchev–Trinajstić information content (AvgIpc) is 3.20. The molecule has 1 aliphatic heterocycles. The molecule has 3 aromatic rings. The Kier molecular flexibility index (Phi) is 4.27. The zero-order chi connectivity index (χ0) is 16.4. The summed E-state index contributed by atoms with van der Waals surface area (Å²) in [5.74, 6) is 2.48. The molecule has 0 fully saturated rings. The number of hydrogen-bond acceptors (Lipinski definition) is 6. The van der Waals surface area contributed by atoms with Crippen molar-refractivity contribution in [3.63, 3.8) is 0 Å². The molecule has 0 bridgehead atoms. The minimum Gasteiger partial charge on any atom is -0.469 e. The van der Waals surface area contributed by atoms with Gasteiger partial charge in [0.1, 0.15) is 12.4 Å². The lowest BCUT2D eigenvalue weighted by Gasteiger charge is -2.27. The normalized spacial score (nSPS) is 14.5. The number of rotatable bonds is 5. The molecule has 0 aliphatic carbocycles. The number of fused-ring (bicyclic) bond motifs is 1. The standard InChI is InChI=1S/C17H19N5OS/c1-13-5-6-14(24-13)10-21-8-9-22-15(11-21)19-20-16(22)12-23-17-4-2-3-7-18-17/h2-7H,8-12H2,1H3. The summed E-state index contributed by atoms with van der Waals surface area (Å²) in [7, 11) is 0. The summed E-state index contributed by atoms with van der Waals surface area (Å²) >= 11 is 1.86. The van der Waals surface area contributed by atoms with Gasteiger partial charge in [-0.2, -0.15) is 0 Å². The quantitative estimate of drug-likeness (QED) is 0.714. The van der Waals surface area contributed by atoms with E-state index in [2.05, 4.69) is 43.7 Å². The van der Waals surface area contributed by atoms with Crippen molar-refractivity contribution in [3.8, 4) is 5.88 Å². The van der Waals surface area contributed by atoms with Gasteiger partial charge in [0.05, 0.1) is 6.54 Å². The second-order valence-corrected chi connectivity index (χ2v) is 7.24. The van der Waals surface area contributed by atoms with E-state index in [4.69, 9.17) is 4.74 Å². The molecule has 0 unspecified atom stereocenters. The van der Waals surface area contributed by atoms with Gasteiger partial charge in [-0.15, -0.1) is 21.5 Å². The number of ether oxygens (including phenoxy) is 1. The molecule has 0 atom stereocenters. The summed E-state index contributed by atoms with van der Waals surface area (Å²) < 4.78 is 7.86. The van der Waals surface area contributed by atoms with Crippen molar-refractivity contribution in [3.05, 3.63) is 57.9 Å². The maximum atomic E-state index is 5.70. The van der Waals surface area contributed by atoms with Gasteiger partial charge in [-0.3, -0.25) is 4.90 Å². The monoisotopic (exact) mass is 341 g/mol. The summed E-state index contributed by atoms with van der Waals surface area (Å²) in [5, 5.41) is 8.63. The molecule has 0 saturated carbocycles. The molecule has 0 saturated heterocycles. The summed E-state index contributed by atoms with van der Waals surface area (Å²) in [5.41, 5.74) is 0. The maximum Gasteiger partial charge on any atom is 0.213 e. The van der Waals surface area contributed by atoms with Gasteiger partial charge in [0.25, 0.3) is 0 Å². The molecule has 0 aromatic carbocycles. The van der Waals surface area contributed by atoms with Gasteiger partial charge in [-0.05, 0) is 25.1 Å². The smallest absolute Gasteiger partial charge is 0.213 e. The summed E-state index contributed by atoms with van der Waals surface area (Å²) in [6.07, 6.45) is 1.72. The fraction of sp³-hybridized carbons (Fsp3) is 0.353. The second kappa shape index (κ2) is 6.70. The molecule has 4 heterocycles. The van der Waals surface area contributed by atoms with E-state index in [1.807, 2.05) is 29.5 Å². The van der Waals surface area contributed by atoms with Crippen molar-refractivity contribution in [2.75, 3.05) is 6.54 Å². The van der Waals surface area contributed by atoms with Crippen molar-refractivity contribution in [2.24, 2.45) is 0 Å². The zero-order valence-corrected chi connectivity index (χ0v) is 14.4. The summed E-state index contributed by atoms with van der Waals surface area (Å²) in [6, 6.07) is 10.0. The molecule has 0 N–H and O–H groups in total. The fourth-order valence-corrected chi connectivity index (χ4v) is 3.80. The number of thiophene rings is 1. The first-order valence-electron chi connectivity index (χ1n) is 8.00. The Hall–Kier alpha value is -2.25. The highest BCUT2D eigenvalue weighted by molar-refractivity contribution is 7.11. The SMILES string of the molecule is Cc1ccc(CN2CCn3c(COc4ccccn4)nnc3C2)s1. The van der Waals surface area contributed by atoms with Crippen LogP contribution >= 0.6 is 11.3 Å². The third-order valence-corrected chi connectivity index (χ3v) is 5.06. The lowest BCUT2D eigenvalue weighted by Crippen LogP contribution is -2.33. The largest absolute Gasteiger partial charge is 0.469 e. The van der Waals surface area contributed by atoms with Crippen molar-refractivity contribution in [1.29, 1.82) is 0 Å². The van der Waals surface area contributed by atoms with Crippen LogP contribution in [0.5, 0.6) is 5.88 Å². The van der Waals surface area contributed by atoms with Crippen LogP contribution in [0.1, 0.15) is 21.4 Å². The predicted octanol–water partition coefficient (Wildman–Crippen LogP) is 2.64. The highest BCUT2D eigenvalue weighted by Gasteiger charge is 2.21. The second-order valence-electron chi connectivity index (χ2n) is 5.86. The molecule has 3 aromatic heterocycles. The van der Waals surface area contributed by atoms with Crippen LogP contribution in [0.3, 0.4) is 0 Å². The van der Waals surface area contributed by atoms with Crippen LogP contribution in [0.15, 0.2) is 36.5 Å². The van der Waals surface area contributed by atoms with Crippen LogP contribution in [0.4, 0.5) is 0 Å². The number of hydrogen-bond donors (Lipinski definition) is 0. The Balaban J connectivity index is 1.40. The van der Waals surface area contributed by atoms with Gasteiger partial charge >= 0.3 is 0 Å². The molecule has 4 rings (SSSR count). The van der Waals surface area contributed by atoms with Crippen LogP contribution in [0, 0.1) is 6.92 Å². The number of aromatic nitrogens is 4. The van der Waals surface area contributed by atoms with Crippen molar-refractivity contribution >= 4 is 11.3 Å².